The van der Waals surface area contributed by atoms with E-state index in [1.807, 2.05) is 18.2 Å². The van der Waals surface area contributed by atoms with Crippen LogP contribution in [0.25, 0.3) is 11.0 Å². The Balaban J connectivity index is 1.56. The van der Waals surface area contributed by atoms with E-state index in [1.54, 1.807) is 23.1 Å². The molecule has 5 heteroatoms. The molecule has 0 unspecified atom stereocenters. The van der Waals surface area contributed by atoms with Crippen molar-refractivity contribution in [3.8, 4) is 0 Å². The molecule has 1 atom stereocenters. The van der Waals surface area contributed by atoms with Crippen LogP contribution < -0.4 is 4.90 Å². The Morgan fingerprint density at radius 3 is 2.65 bits per heavy atom. The Hall–Kier alpha value is -3.47. The van der Waals surface area contributed by atoms with Gasteiger partial charge in [-0.2, -0.15) is 0 Å². The highest BCUT2D eigenvalue weighted by Gasteiger charge is 2.35. The smallest absolute Gasteiger partial charge is 0.227 e. The van der Waals surface area contributed by atoms with Crippen molar-refractivity contribution in [3.05, 3.63) is 95.1 Å². The standard InChI is InChI=1S/C26H24FN3O/c1-17-11-12-18(2)19(13-17)15-30-24-10-6-4-8-22(24)28-26(30)20-14-25(31)29(16-20)23-9-5-3-7-21(23)27/h3-13,20H,14-16H2,1-2H3/t20-/m1/s1. The first-order valence-electron chi connectivity index (χ1n) is 10.6. The predicted octanol–water partition coefficient (Wildman–Crippen LogP) is 5.36. The molecule has 4 aromatic rings. The van der Waals surface area contributed by atoms with Gasteiger partial charge in [0.2, 0.25) is 5.91 Å². The number of aromatic nitrogens is 2. The van der Waals surface area contributed by atoms with Crippen molar-refractivity contribution in [1.82, 2.24) is 9.55 Å². The van der Waals surface area contributed by atoms with Gasteiger partial charge in [0, 0.05) is 25.4 Å². The van der Waals surface area contributed by atoms with Crippen LogP contribution in [0.3, 0.4) is 0 Å². The minimum Gasteiger partial charge on any atom is -0.323 e. The summed E-state index contributed by atoms with van der Waals surface area (Å²) in [6, 6.07) is 21.0. The molecule has 0 saturated carbocycles. The number of hydrogen-bond donors (Lipinski definition) is 0. The summed E-state index contributed by atoms with van der Waals surface area (Å²) in [5, 5.41) is 0. The van der Waals surface area contributed by atoms with Crippen LogP contribution in [0.2, 0.25) is 0 Å². The van der Waals surface area contributed by atoms with Crippen molar-refractivity contribution in [2.45, 2.75) is 32.7 Å². The fourth-order valence-electron chi connectivity index (χ4n) is 4.50. The zero-order valence-electron chi connectivity index (χ0n) is 17.7. The number of fused-ring (bicyclic) bond motifs is 1. The van der Waals surface area contributed by atoms with Gasteiger partial charge in [0.1, 0.15) is 11.6 Å². The Morgan fingerprint density at radius 1 is 1.03 bits per heavy atom. The maximum atomic E-state index is 14.3. The van der Waals surface area contributed by atoms with Crippen LogP contribution >= 0.6 is 0 Å². The topological polar surface area (TPSA) is 38.1 Å². The molecular formula is C26H24FN3O. The number of anilines is 1. The minimum atomic E-state index is -0.375. The number of amides is 1. The Labute approximate surface area is 181 Å². The van der Waals surface area contributed by atoms with Crippen molar-refractivity contribution >= 4 is 22.6 Å². The van der Waals surface area contributed by atoms with Crippen molar-refractivity contribution in [3.63, 3.8) is 0 Å². The van der Waals surface area contributed by atoms with E-state index >= 15 is 0 Å². The minimum absolute atomic E-state index is 0.0690. The molecule has 0 aliphatic carbocycles. The maximum absolute atomic E-state index is 14.3. The van der Waals surface area contributed by atoms with Gasteiger partial charge in [-0.1, -0.05) is 48.0 Å². The fourth-order valence-corrected chi connectivity index (χ4v) is 4.50. The Kier molecular flexibility index (Phi) is 4.81. The van der Waals surface area contributed by atoms with Crippen molar-refractivity contribution in [2.75, 3.05) is 11.4 Å². The lowest BCUT2D eigenvalue weighted by Crippen LogP contribution is -2.25. The molecular weight excluding hydrogens is 389 g/mol. The Bertz CT molecular complexity index is 1290. The van der Waals surface area contributed by atoms with E-state index in [9.17, 15) is 9.18 Å². The lowest BCUT2D eigenvalue weighted by atomic mass is 10.0. The number of carbonyl (C=O) groups excluding carboxylic acids is 1. The number of aryl methyl sites for hydroxylation is 2. The van der Waals surface area contributed by atoms with E-state index in [0.717, 1.165) is 16.9 Å². The number of nitrogens with zero attached hydrogens (tertiary/aromatic N) is 3. The van der Waals surface area contributed by atoms with Crippen LogP contribution in [0.1, 0.15) is 34.9 Å². The van der Waals surface area contributed by atoms with E-state index in [2.05, 4.69) is 42.7 Å². The lowest BCUT2D eigenvalue weighted by molar-refractivity contribution is -0.117. The van der Waals surface area contributed by atoms with Gasteiger partial charge >= 0.3 is 0 Å². The molecule has 31 heavy (non-hydrogen) atoms. The summed E-state index contributed by atoms with van der Waals surface area (Å²) < 4.78 is 16.6. The van der Waals surface area contributed by atoms with E-state index in [1.165, 1.54) is 22.8 Å². The van der Waals surface area contributed by atoms with Crippen LogP contribution in [0.4, 0.5) is 10.1 Å². The van der Waals surface area contributed by atoms with Crippen molar-refractivity contribution in [2.24, 2.45) is 0 Å². The van der Waals surface area contributed by atoms with Crippen LogP contribution in [0.5, 0.6) is 0 Å². The van der Waals surface area contributed by atoms with Crippen LogP contribution in [-0.2, 0) is 11.3 Å². The normalized spacial score (nSPS) is 16.4. The average Bonchev–Trinajstić information content (AvgIpc) is 3.32. The molecule has 4 nitrogen and oxygen atoms in total. The molecule has 1 fully saturated rings. The van der Waals surface area contributed by atoms with Crippen LogP contribution in [0, 0.1) is 19.7 Å². The summed E-state index contributed by atoms with van der Waals surface area (Å²) in [6.07, 6.45) is 0.324. The second-order valence-electron chi connectivity index (χ2n) is 8.33. The molecule has 1 aliphatic rings. The molecule has 1 amide bonds. The highest BCUT2D eigenvalue weighted by atomic mass is 19.1. The molecule has 0 bridgehead atoms. The SMILES string of the molecule is Cc1ccc(C)c(Cn2c([C@@H]3CC(=O)N(c4ccccc4F)C3)nc3ccccc32)c1. The molecule has 0 radical (unpaired) electrons. The van der Waals surface area contributed by atoms with Crippen molar-refractivity contribution < 1.29 is 9.18 Å². The van der Waals surface area contributed by atoms with E-state index < -0.39 is 0 Å². The third-order valence-corrected chi connectivity index (χ3v) is 6.15. The third kappa shape index (κ3) is 3.50. The summed E-state index contributed by atoms with van der Waals surface area (Å²) in [4.78, 5) is 19.3. The van der Waals surface area contributed by atoms with Gasteiger partial charge in [-0.05, 0) is 49.2 Å². The van der Waals surface area contributed by atoms with Gasteiger partial charge in [-0.3, -0.25) is 4.79 Å². The van der Waals surface area contributed by atoms with E-state index in [-0.39, 0.29) is 17.6 Å². The first kappa shape index (κ1) is 19.5. The lowest BCUT2D eigenvalue weighted by Gasteiger charge is -2.18. The summed E-state index contributed by atoms with van der Waals surface area (Å²) >= 11 is 0. The predicted molar refractivity (Wildman–Crippen MR) is 121 cm³/mol. The second kappa shape index (κ2) is 7.65. The Morgan fingerprint density at radius 2 is 1.81 bits per heavy atom. The molecule has 1 saturated heterocycles. The first-order valence-corrected chi connectivity index (χ1v) is 10.6. The molecule has 1 aromatic heterocycles. The zero-order valence-corrected chi connectivity index (χ0v) is 17.7. The molecule has 156 valence electrons. The number of rotatable bonds is 4. The summed E-state index contributed by atoms with van der Waals surface area (Å²) in [6.45, 7) is 5.33. The third-order valence-electron chi connectivity index (χ3n) is 6.15. The summed E-state index contributed by atoms with van der Waals surface area (Å²) in [7, 11) is 0. The number of para-hydroxylation sites is 3. The van der Waals surface area contributed by atoms with E-state index in [4.69, 9.17) is 4.98 Å². The molecule has 3 aromatic carbocycles. The molecule has 1 aliphatic heterocycles. The highest BCUT2D eigenvalue weighted by molar-refractivity contribution is 5.96. The molecule has 5 rings (SSSR count). The van der Waals surface area contributed by atoms with Gasteiger partial charge < -0.3 is 9.47 Å². The zero-order chi connectivity index (χ0) is 21.5. The van der Waals surface area contributed by atoms with Gasteiger partial charge in [-0.15, -0.1) is 0 Å². The number of carbonyl (C=O) groups is 1. The summed E-state index contributed by atoms with van der Waals surface area (Å²) in [5.74, 6) is 0.347. The molecule has 0 N–H and O–H groups in total. The van der Waals surface area contributed by atoms with Crippen LogP contribution in [0.15, 0.2) is 66.7 Å². The average molecular weight is 413 g/mol. The number of halogens is 1. The maximum Gasteiger partial charge on any atom is 0.227 e. The van der Waals surface area contributed by atoms with Gasteiger partial charge in [0.15, 0.2) is 0 Å². The molecule has 0 spiro atoms. The largest absolute Gasteiger partial charge is 0.323 e. The quantitative estimate of drug-likeness (QED) is 0.452. The van der Waals surface area contributed by atoms with Gasteiger partial charge in [0.05, 0.1) is 16.7 Å². The van der Waals surface area contributed by atoms with Crippen molar-refractivity contribution in [1.29, 1.82) is 0 Å². The van der Waals surface area contributed by atoms with Gasteiger partial charge in [0.25, 0.3) is 0 Å². The number of benzene rings is 3. The van der Waals surface area contributed by atoms with E-state index in [0.29, 0.717) is 25.2 Å². The fraction of sp³-hybridized carbons (Fsp3) is 0.231. The highest BCUT2D eigenvalue weighted by Crippen LogP contribution is 2.34. The second-order valence-corrected chi connectivity index (χ2v) is 8.33. The first-order chi connectivity index (χ1) is 15.0. The monoisotopic (exact) mass is 413 g/mol. The number of imidazole rings is 1. The van der Waals surface area contributed by atoms with Crippen LogP contribution in [-0.4, -0.2) is 22.0 Å². The number of hydrogen-bond acceptors (Lipinski definition) is 2. The molecule has 2 heterocycles. The van der Waals surface area contributed by atoms with Gasteiger partial charge in [-0.25, -0.2) is 9.37 Å². The summed E-state index contributed by atoms with van der Waals surface area (Å²) in [5.41, 5.74) is 5.99.